The van der Waals surface area contributed by atoms with Crippen LogP contribution in [0.3, 0.4) is 0 Å². The molecular formula is C7H6O3S2. The summed E-state index contributed by atoms with van der Waals surface area (Å²) in [6.45, 7) is 0. The number of hydrogen-bond donors (Lipinski definition) is 1. The first-order valence-electron chi connectivity index (χ1n) is 3.08. The van der Waals surface area contributed by atoms with Gasteiger partial charge in [-0.25, -0.2) is 0 Å². The summed E-state index contributed by atoms with van der Waals surface area (Å²) in [5.74, 6) is 0. The van der Waals surface area contributed by atoms with Gasteiger partial charge in [-0.15, -0.1) is 0 Å². The third-order valence-corrected chi connectivity index (χ3v) is 2.82. The van der Waals surface area contributed by atoms with Crippen LogP contribution < -0.4 is 0 Å². The summed E-state index contributed by atoms with van der Waals surface area (Å²) < 4.78 is 29.2. The van der Waals surface area contributed by atoms with Crippen molar-refractivity contribution < 1.29 is 13.0 Å². The van der Waals surface area contributed by atoms with E-state index in [-0.39, 0.29) is 0 Å². The quantitative estimate of drug-likeness (QED) is 0.550. The molecule has 0 aliphatic rings. The first kappa shape index (κ1) is 9.31. The van der Waals surface area contributed by atoms with E-state index >= 15 is 0 Å². The summed E-state index contributed by atoms with van der Waals surface area (Å²) in [5, 5.41) is 0. The summed E-state index contributed by atoms with van der Waals surface area (Å²) in [6, 6.07) is 8.07. The Balaban J connectivity index is 3.11. The van der Waals surface area contributed by atoms with Crippen molar-refractivity contribution >= 4 is 26.5 Å². The first-order chi connectivity index (χ1) is 5.52. The van der Waals surface area contributed by atoms with E-state index < -0.39 is 14.3 Å². The molecule has 0 aliphatic carbocycles. The van der Waals surface area contributed by atoms with Crippen LogP contribution in [0, 0.1) is 0 Å². The predicted octanol–water partition coefficient (Wildman–Crippen LogP) is 1.25. The van der Waals surface area contributed by atoms with Crippen LogP contribution in [0.1, 0.15) is 5.56 Å². The van der Waals surface area contributed by atoms with Gasteiger partial charge < -0.3 is 0 Å². The molecule has 5 heteroatoms. The largest absolute Gasteiger partial charge is 0.305 e. The maximum Gasteiger partial charge on any atom is 0.305 e. The molecule has 0 saturated heterocycles. The fraction of sp³-hybridized carbons (Fsp3) is 0. The Morgan fingerprint density at radius 3 is 2.17 bits per heavy atom. The highest BCUT2D eigenvalue weighted by molar-refractivity contribution is 8.14. The highest BCUT2D eigenvalue weighted by Gasteiger charge is 2.14. The molecule has 0 saturated carbocycles. The van der Waals surface area contributed by atoms with Crippen LogP contribution in [-0.4, -0.2) is 17.2 Å². The summed E-state index contributed by atoms with van der Waals surface area (Å²) in [6.07, 6.45) is 0. The Kier molecular flexibility index (Phi) is 2.56. The molecule has 0 aromatic heterocycles. The van der Waals surface area contributed by atoms with Crippen molar-refractivity contribution in [2.45, 2.75) is 0 Å². The monoisotopic (exact) mass is 202 g/mol. The van der Waals surface area contributed by atoms with E-state index in [0.717, 1.165) is 0 Å². The van der Waals surface area contributed by atoms with Crippen molar-refractivity contribution in [3.05, 3.63) is 35.9 Å². The molecule has 1 N–H and O–H groups in total. The molecule has 0 radical (unpaired) electrons. The molecule has 0 aliphatic heterocycles. The van der Waals surface area contributed by atoms with Crippen molar-refractivity contribution in [1.82, 2.24) is 0 Å². The maximum absolute atomic E-state index is 10.5. The van der Waals surface area contributed by atoms with E-state index in [1.54, 1.807) is 18.2 Å². The standard InChI is InChI=1S/C7H6O3S2/c8-12(9,10)7(11)6-4-2-1-3-5-6/h1-5H,(H,8,9,10). The van der Waals surface area contributed by atoms with Crippen LogP contribution in [0.5, 0.6) is 0 Å². The van der Waals surface area contributed by atoms with E-state index in [1.165, 1.54) is 12.1 Å². The minimum absolute atomic E-state index is 0.329. The summed E-state index contributed by atoms with van der Waals surface area (Å²) in [4.78, 5) is 0. The Morgan fingerprint density at radius 2 is 1.75 bits per heavy atom. The molecular weight excluding hydrogens is 196 g/mol. The fourth-order valence-corrected chi connectivity index (χ4v) is 1.29. The van der Waals surface area contributed by atoms with Gasteiger partial charge in [0.05, 0.1) is 0 Å². The van der Waals surface area contributed by atoms with Gasteiger partial charge in [-0.1, -0.05) is 42.5 Å². The molecule has 0 heterocycles. The smallest absolute Gasteiger partial charge is 0.281 e. The van der Waals surface area contributed by atoms with E-state index in [4.69, 9.17) is 4.55 Å². The maximum atomic E-state index is 10.5. The molecule has 1 aromatic rings. The third-order valence-electron chi connectivity index (χ3n) is 1.24. The Bertz CT molecular complexity index is 380. The Hall–Kier alpha value is -0.780. The summed E-state index contributed by atoms with van der Waals surface area (Å²) >= 11 is 4.52. The van der Waals surface area contributed by atoms with E-state index in [2.05, 4.69) is 12.2 Å². The molecule has 12 heavy (non-hydrogen) atoms. The lowest BCUT2D eigenvalue weighted by atomic mass is 10.2. The van der Waals surface area contributed by atoms with Crippen molar-refractivity contribution in [2.75, 3.05) is 0 Å². The second-order valence-corrected chi connectivity index (χ2v) is 4.15. The zero-order valence-corrected chi connectivity index (χ0v) is 7.60. The normalized spacial score (nSPS) is 11.1. The van der Waals surface area contributed by atoms with Crippen LogP contribution in [0.25, 0.3) is 0 Å². The number of rotatable bonds is 1. The van der Waals surface area contributed by atoms with Crippen LogP contribution in [0.4, 0.5) is 0 Å². The fourth-order valence-electron chi connectivity index (χ4n) is 0.723. The lowest BCUT2D eigenvalue weighted by molar-refractivity contribution is 0.499. The van der Waals surface area contributed by atoms with E-state index in [1.807, 2.05) is 0 Å². The minimum atomic E-state index is -4.22. The average molecular weight is 202 g/mol. The van der Waals surface area contributed by atoms with Gasteiger partial charge in [0.25, 0.3) is 0 Å². The molecule has 0 spiro atoms. The highest BCUT2D eigenvalue weighted by Crippen LogP contribution is 2.05. The predicted molar refractivity (Wildman–Crippen MR) is 49.7 cm³/mol. The van der Waals surface area contributed by atoms with Crippen molar-refractivity contribution in [3.8, 4) is 0 Å². The van der Waals surface area contributed by atoms with Gasteiger partial charge in [-0.05, 0) is 0 Å². The van der Waals surface area contributed by atoms with Gasteiger partial charge in [0.1, 0.15) is 0 Å². The van der Waals surface area contributed by atoms with Gasteiger partial charge in [0, 0.05) is 5.56 Å². The van der Waals surface area contributed by atoms with Gasteiger partial charge in [0.15, 0.2) is 4.20 Å². The third kappa shape index (κ3) is 2.10. The Labute approximate surface area is 75.8 Å². The second kappa shape index (κ2) is 3.30. The molecule has 64 valence electrons. The lowest BCUT2D eigenvalue weighted by Crippen LogP contribution is -2.11. The number of thiocarbonyl (C=S) groups is 1. The van der Waals surface area contributed by atoms with E-state index in [0.29, 0.717) is 5.56 Å². The van der Waals surface area contributed by atoms with E-state index in [9.17, 15) is 8.42 Å². The Morgan fingerprint density at radius 1 is 1.25 bits per heavy atom. The summed E-state index contributed by atoms with van der Waals surface area (Å²) in [7, 11) is -4.22. The molecule has 0 bridgehead atoms. The van der Waals surface area contributed by atoms with Crippen LogP contribution >= 0.6 is 12.2 Å². The van der Waals surface area contributed by atoms with Crippen molar-refractivity contribution in [2.24, 2.45) is 0 Å². The SMILES string of the molecule is O=S(=O)(O)C(=S)c1ccccc1. The molecule has 1 rings (SSSR count). The zero-order chi connectivity index (χ0) is 9.19. The van der Waals surface area contributed by atoms with Crippen LogP contribution in [0.2, 0.25) is 0 Å². The number of hydrogen-bond acceptors (Lipinski definition) is 3. The van der Waals surface area contributed by atoms with Crippen molar-refractivity contribution in [3.63, 3.8) is 0 Å². The second-order valence-electron chi connectivity index (χ2n) is 2.13. The molecule has 1 aromatic carbocycles. The zero-order valence-electron chi connectivity index (χ0n) is 5.97. The molecule has 0 fully saturated rings. The molecule has 3 nitrogen and oxygen atoms in total. The van der Waals surface area contributed by atoms with Gasteiger partial charge >= 0.3 is 10.1 Å². The summed E-state index contributed by atoms with van der Waals surface area (Å²) in [5.41, 5.74) is 0.329. The minimum Gasteiger partial charge on any atom is -0.281 e. The van der Waals surface area contributed by atoms with Gasteiger partial charge in [-0.2, -0.15) is 8.42 Å². The molecule has 0 amide bonds. The van der Waals surface area contributed by atoms with Gasteiger partial charge in [0.2, 0.25) is 0 Å². The van der Waals surface area contributed by atoms with Crippen molar-refractivity contribution in [1.29, 1.82) is 0 Å². The molecule has 0 unspecified atom stereocenters. The van der Waals surface area contributed by atoms with Crippen LogP contribution in [-0.2, 0) is 10.1 Å². The van der Waals surface area contributed by atoms with Crippen LogP contribution in [0.15, 0.2) is 30.3 Å². The number of benzene rings is 1. The highest BCUT2D eigenvalue weighted by atomic mass is 32.2. The lowest BCUT2D eigenvalue weighted by Gasteiger charge is -1.97. The topological polar surface area (TPSA) is 54.4 Å². The first-order valence-corrected chi connectivity index (χ1v) is 4.93. The average Bonchev–Trinajstić information content (AvgIpc) is 2.03. The van der Waals surface area contributed by atoms with Gasteiger partial charge in [-0.3, -0.25) is 4.55 Å². The molecule has 0 atom stereocenters.